The molecule has 5 nitrogen and oxygen atoms in total. The molecular formula is C9H15F3N2O3. The molecule has 1 aliphatic rings. The molecule has 0 aliphatic carbocycles. The highest BCUT2D eigenvalue weighted by Gasteiger charge is 2.26. The Bertz CT molecular complexity index is 242. The molecular weight excluding hydrogens is 241 g/mol. The molecule has 8 heteroatoms. The standard InChI is InChI=1S/C9H15F3N2O3/c10-9(11,12)6-13-4-8(15)14-3-7-5-16-1-2-17-7/h7,13H,1-6H2,(H,14,15). The molecule has 1 unspecified atom stereocenters. The average molecular weight is 256 g/mol. The van der Waals surface area contributed by atoms with E-state index in [4.69, 9.17) is 9.47 Å². The largest absolute Gasteiger partial charge is 0.401 e. The fourth-order valence-corrected chi connectivity index (χ4v) is 1.26. The lowest BCUT2D eigenvalue weighted by atomic mass is 10.3. The summed E-state index contributed by atoms with van der Waals surface area (Å²) in [7, 11) is 0. The van der Waals surface area contributed by atoms with Gasteiger partial charge in [0.25, 0.3) is 0 Å². The molecule has 0 aromatic rings. The first-order valence-corrected chi connectivity index (χ1v) is 5.21. The second kappa shape index (κ2) is 6.77. The van der Waals surface area contributed by atoms with E-state index in [0.29, 0.717) is 19.8 Å². The highest BCUT2D eigenvalue weighted by Crippen LogP contribution is 2.11. The number of hydrogen-bond donors (Lipinski definition) is 2. The maximum atomic E-state index is 11.8. The van der Waals surface area contributed by atoms with Crippen LogP contribution in [0.15, 0.2) is 0 Å². The smallest absolute Gasteiger partial charge is 0.376 e. The van der Waals surface area contributed by atoms with E-state index >= 15 is 0 Å². The van der Waals surface area contributed by atoms with Crippen LogP contribution in [0.3, 0.4) is 0 Å². The van der Waals surface area contributed by atoms with Crippen LogP contribution in [0.4, 0.5) is 13.2 Å². The lowest BCUT2D eigenvalue weighted by Crippen LogP contribution is -2.43. The zero-order valence-corrected chi connectivity index (χ0v) is 9.18. The molecule has 0 aromatic heterocycles. The van der Waals surface area contributed by atoms with Crippen LogP contribution < -0.4 is 10.6 Å². The molecule has 1 rings (SSSR count). The lowest BCUT2D eigenvalue weighted by Gasteiger charge is -2.23. The number of carbonyl (C=O) groups is 1. The number of rotatable bonds is 5. The average Bonchev–Trinajstić information content (AvgIpc) is 2.26. The molecule has 100 valence electrons. The summed E-state index contributed by atoms with van der Waals surface area (Å²) in [5.74, 6) is -0.497. The number of nitrogens with one attached hydrogen (secondary N) is 2. The van der Waals surface area contributed by atoms with Crippen molar-refractivity contribution in [3.05, 3.63) is 0 Å². The van der Waals surface area contributed by atoms with E-state index in [0.717, 1.165) is 0 Å². The third-order valence-corrected chi connectivity index (χ3v) is 2.02. The van der Waals surface area contributed by atoms with Crippen LogP contribution in [0.2, 0.25) is 0 Å². The molecule has 2 N–H and O–H groups in total. The third kappa shape index (κ3) is 7.14. The van der Waals surface area contributed by atoms with Gasteiger partial charge in [0.2, 0.25) is 5.91 Å². The second-order valence-electron chi connectivity index (χ2n) is 3.59. The first kappa shape index (κ1) is 14.2. The summed E-state index contributed by atoms with van der Waals surface area (Å²) in [6.45, 7) is 0.0732. The van der Waals surface area contributed by atoms with Gasteiger partial charge in [-0.2, -0.15) is 13.2 Å². The van der Waals surface area contributed by atoms with Gasteiger partial charge in [-0.15, -0.1) is 0 Å². The van der Waals surface area contributed by atoms with Gasteiger partial charge in [-0.1, -0.05) is 0 Å². The highest BCUT2D eigenvalue weighted by atomic mass is 19.4. The van der Waals surface area contributed by atoms with Crippen molar-refractivity contribution in [3.63, 3.8) is 0 Å². The van der Waals surface area contributed by atoms with Gasteiger partial charge in [-0.05, 0) is 0 Å². The van der Waals surface area contributed by atoms with E-state index in [2.05, 4.69) is 5.32 Å². The van der Waals surface area contributed by atoms with E-state index in [1.165, 1.54) is 0 Å². The third-order valence-electron chi connectivity index (χ3n) is 2.02. The van der Waals surface area contributed by atoms with Crippen LogP contribution in [0.5, 0.6) is 0 Å². The van der Waals surface area contributed by atoms with Gasteiger partial charge in [0.15, 0.2) is 0 Å². The molecule has 0 bridgehead atoms. The minimum atomic E-state index is -4.30. The van der Waals surface area contributed by atoms with E-state index < -0.39 is 18.6 Å². The van der Waals surface area contributed by atoms with Crippen molar-refractivity contribution in [1.82, 2.24) is 10.6 Å². The number of alkyl halides is 3. The van der Waals surface area contributed by atoms with Gasteiger partial charge in [-0.25, -0.2) is 0 Å². The molecule has 1 saturated heterocycles. The molecule has 1 fully saturated rings. The Kier molecular flexibility index (Phi) is 5.66. The number of carbonyl (C=O) groups excluding carboxylic acids is 1. The highest BCUT2D eigenvalue weighted by molar-refractivity contribution is 5.77. The van der Waals surface area contributed by atoms with Crippen LogP contribution in [-0.4, -0.2) is 57.6 Å². The zero-order chi connectivity index (χ0) is 12.7. The fourth-order valence-electron chi connectivity index (χ4n) is 1.26. The van der Waals surface area contributed by atoms with Crippen LogP contribution in [0, 0.1) is 0 Å². The van der Waals surface area contributed by atoms with Crippen LogP contribution in [0.1, 0.15) is 0 Å². The fraction of sp³-hybridized carbons (Fsp3) is 0.889. The molecule has 17 heavy (non-hydrogen) atoms. The second-order valence-corrected chi connectivity index (χ2v) is 3.59. The van der Waals surface area contributed by atoms with Crippen molar-refractivity contribution in [2.45, 2.75) is 12.3 Å². The normalized spacial score (nSPS) is 21.2. The van der Waals surface area contributed by atoms with Gasteiger partial charge in [-0.3, -0.25) is 4.79 Å². The predicted octanol–water partition coefficient (Wildman–Crippen LogP) is -0.330. The Hall–Kier alpha value is -0.860. The Balaban J connectivity index is 2.04. The summed E-state index contributed by atoms with van der Waals surface area (Å²) in [6, 6.07) is 0. The van der Waals surface area contributed by atoms with E-state index in [1.807, 2.05) is 5.32 Å². The summed E-state index contributed by atoms with van der Waals surface area (Å²) < 4.78 is 45.6. The summed E-state index contributed by atoms with van der Waals surface area (Å²) >= 11 is 0. The van der Waals surface area contributed by atoms with Crippen LogP contribution in [-0.2, 0) is 14.3 Å². The summed E-state index contributed by atoms with van der Waals surface area (Å²) in [5, 5.41) is 4.47. The number of ether oxygens (including phenoxy) is 2. The van der Waals surface area contributed by atoms with Gasteiger partial charge in [0.1, 0.15) is 0 Å². The Labute approximate surface area is 96.6 Å². The van der Waals surface area contributed by atoms with E-state index in [9.17, 15) is 18.0 Å². The SMILES string of the molecule is O=C(CNCC(F)(F)F)NCC1COCCO1. The quantitative estimate of drug-likeness (QED) is 0.707. The van der Waals surface area contributed by atoms with Crippen LogP contribution >= 0.6 is 0 Å². The first-order valence-electron chi connectivity index (χ1n) is 5.21. The topological polar surface area (TPSA) is 59.6 Å². The van der Waals surface area contributed by atoms with E-state index in [-0.39, 0.29) is 19.2 Å². The van der Waals surface area contributed by atoms with Crippen molar-refractivity contribution in [1.29, 1.82) is 0 Å². The van der Waals surface area contributed by atoms with E-state index in [1.54, 1.807) is 0 Å². The molecule has 0 spiro atoms. The van der Waals surface area contributed by atoms with Crippen molar-refractivity contribution >= 4 is 5.91 Å². The number of amides is 1. The monoisotopic (exact) mass is 256 g/mol. The minimum absolute atomic E-state index is 0.227. The Morgan fingerprint density at radius 3 is 2.71 bits per heavy atom. The summed E-state index contributed by atoms with van der Waals surface area (Å²) in [5.41, 5.74) is 0. The number of hydrogen-bond acceptors (Lipinski definition) is 4. The molecule has 0 aromatic carbocycles. The minimum Gasteiger partial charge on any atom is -0.376 e. The molecule has 0 radical (unpaired) electrons. The summed E-state index contributed by atoms with van der Waals surface area (Å²) in [4.78, 5) is 11.1. The van der Waals surface area contributed by atoms with Crippen molar-refractivity contribution in [2.75, 3.05) is 39.5 Å². The van der Waals surface area contributed by atoms with Crippen LogP contribution in [0.25, 0.3) is 0 Å². The van der Waals surface area contributed by atoms with Crippen molar-refractivity contribution in [2.24, 2.45) is 0 Å². The zero-order valence-electron chi connectivity index (χ0n) is 9.18. The van der Waals surface area contributed by atoms with Gasteiger partial charge in [0, 0.05) is 6.54 Å². The maximum absolute atomic E-state index is 11.8. The Morgan fingerprint density at radius 2 is 2.12 bits per heavy atom. The first-order chi connectivity index (χ1) is 7.97. The molecule has 1 atom stereocenters. The van der Waals surface area contributed by atoms with Gasteiger partial charge in [0.05, 0.1) is 39.0 Å². The van der Waals surface area contributed by atoms with Crippen molar-refractivity contribution in [3.8, 4) is 0 Å². The maximum Gasteiger partial charge on any atom is 0.401 e. The van der Waals surface area contributed by atoms with Gasteiger partial charge >= 0.3 is 6.18 Å². The molecule has 1 aliphatic heterocycles. The van der Waals surface area contributed by atoms with Crippen molar-refractivity contribution < 1.29 is 27.4 Å². The lowest BCUT2D eigenvalue weighted by molar-refractivity contribution is -0.129. The predicted molar refractivity (Wildman–Crippen MR) is 52.5 cm³/mol. The Morgan fingerprint density at radius 1 is 1.35 bits per heavy atom. The molecule has 1 amide bonds. The number of halogens is 3. The van der Waals surface area contributed by atoms with Gasteiger partial charge < -0.3 is 20.1 Å². The molecule has 0 saturated carbocycles. The molecule has 1 heterocycles. The summed E-state index contributed by atoms with van der Waals surface area (Å²) in [6.07, 6.45) is -4.53.